The fourth-order valence-electron chi connectivity index (χ4n) is 1.28. The zero-order valence-corrected chi connectivity index (χ0v) is 7.19. The van der Waals surface area contributed by atoms with Crippen LogP contribution in [-0.2, 0) is 0 Å². The summed E-state index contributed by atoms with van der Waals surface area (Å²) >= 11 is 0. The zero-order chi connectivity index (χ0) is 9.42. The number of hydrogen-bond acceptors (Lipinski definition) is 3. The van der Waals surface area contributed by atoms with Crippen molar-refractivity contribution in [2.75, 3.05) is 5.73 Å². The Morgan fingerprint density at radius 2 is 2.31 bits per heavy atom. The monoisotopic (exact) mass is 175 g/mol. The molecule has 0 saturated heterocycles. The van der Waals surface area contributed by atoms with E-state index in [1.165, 1.54) is 10.5 Å². The molecule has 0 aliphatic heterocycles. The van der Waals surface area contributed by atoms with Crippen LogP contribution in [0.4, 0.5) is 5.82 Å². The van der Waals surface area contributed by atoms with E-state index in [-0.39, 0.29) is 11.4 Å². The molecule has 2 aromatic rings. The van der Waals surface area contributed by atoms with Crippen LogP contribution < -0.4 is 11.3 Å². The van der Waals surface area contributed by atoms with Gasteiger partial charge in [0.05, 0.1) is 0 Å². The van der Waals surface area contributed by atoms with Crippen molar-refractivity contribution < 1.29 is 0 Å². The average Bonchev–Trinajstić information content (AvgIpc) is 2.07. The first-order valence-corrected chi connectivity index (χ1v) is 3.93. The van der Waals surface area contributed by atoms with Gasteiger partial charge < -0.3 is 5.73 Å². The van der Waals surface area contributed by atoms with Crippen molar-refractivity contribution in [3.63, 3.8) is 0 Å². The normalized spacial score (nSPS) is 10.5. The topological polar surface area (TPSA) is 60.4 Å². The van der Waals surface area contributed by atoms with Crippen LogP contribution in [0.25, 0.3) is 5.65 Å². The van der Waals surface area contributed by atoms with Crippen LogP contribution in [0.1, 0.15) is 5.56 Å². The molecule has 0 radical (unpaired) electrons. The van der Waals surface area contributed by atoms with Crippen molar-refractivity contribution in [1.82, 2.24) is 9.38 Å². The molecule has 0 atom stereocenters. The van der Waals surface area contributed by atoms with E-state index >= 15 is 0 Å². The molecule has 2 rings (SSSR count). The van der Waals surface area contributed by atoms with Gasteiger partial charge in [0, 0.05) is 12.3 Å². The van der Waals surface area contributed by atoms with Crippen molar-refractivity contribution in [2.45, 2.75) is 6.92 Å². The first-order valence-electron chi connectivity index (χ1n) is 3.93. The van der Waals surface area contributed by atoms with E-state index in [1.807, 2.05) is 19.1 Å². The SMILES string of the molecule is Cc1cccn2c(=O)cc(N)nc12. The van der Waals surface area contributed by atoms with Gasteiger partial charge in [-0.1, -0.05) is 6.07 Å². The number of nitrogens with two attached hydrogens (primary N) is 1. The Morgan fingerprint density at radius 3 is 3.08 bits per heavy atom. The number of aryl methyl sites for hydroxylation is 1. The van der Waals surface area contributed by atoms with E-state index in [9.17, 15) is 4.79 Å². The predicted molar refractivity (Wildman–Crippen MR) is 50.6 cm³/mol. The van der Waals surface area contributed by atoms with Gasteiger partial charge in [0.25, 0.3) is 5.56 Å². The molecular weight excluding hydrogens is 166 g/mol. The van der Waals surface area contributed by atoms with E-state index < -0.39 is 0 Å². The highest BCUT2D eigenvalue weighted by Gasteiger charge is 2.00. The molecule has 0 fully saturated rings. The number of nitrogen functional groups attached to an aromatic ring is 1. The molecule has 2 N–H and O–H groups in total. The third kappa shape index (κ3) is 1.16. The second-order valence-corrected chi connectivity index (χ2v) is 2.90. The summed E-state index contributed by atoms with van der Waals surface area (Å²) in [5.41, 5.74) is 6.88. The summed E-state index contributed by atoms with van der Waals surface area (Å²) in [5.74, 6) is 0.263. The lowest BCUT2D eigenvalue weighted by atomic mass is 10.3. The van der Waals surface area contributed by atoms with Gasteiger partial charge in [-0.2, -0.15) is 0 Å². The van der Waals surface area contributed by atoms with Gasteiger partial charge in [-0.05, 0) is 18.6 Å². The van der Waals surface area contributed by atoms with Crippen molar-refractivity contribution in [1.29, 1.82) is 0 Å². The zero-order valence-electron chi connectivity index (χ0n) is 7.19. The van der Waals surface area contributed by atoms with Crippen molar-refractivity contribution in [3.05, 3.63) is 40.3 Å². The van der Waals surface area contributed by atoms with Crippen LogP contribution >= 0.6 is 0 Å². The second kappa shape index (κ2) is 2.58. The lowest BCUT2D eigenvalue weighted by molar-refractivity contribution is 1.04. The molecule has 0 aliphatic carbocycles. The highest BCUT2D eigenvalue weighted by molar-refractivity contribution is 5.50. The Hall–Kier alpha value is -1.84. The Labute approximate surface area is 74.6 Å². The minimum absolute atomic E-state index is 0.147. The van der Waals surface area contributed by atoms with Crippen LogP contribution in [0, 0.1) is 6.92 Å². The van der Waals surface area contributed by atoms with Gasteiger partial charge in [-0.25, -0.2) is 4.98 Å². The molecule has 13 heavy (non-hydrogen) atoms. The predicted octanol–water partition coefficient (Wildman–Crippen LogP) is 0.585. The van der Waals surface area contributed by atoms with Crippen LogP contribution in [0.5, 0.6) is 0 Å². The summed E-state index contributed by atoms with van der Waals surface area (Å²) < 4.78 is 1.48. The number of nitrogens with zero attached hydrogens (tertiary/aromatic N) is 2. The molecular formula is C9H9N3O. The molecule has 0 unspecified atom stereocenters. The van der Waals surface area contributed by atoms with E-state index in [0.29, 0.717) is 5.65 Å². The molecule has 66 valence electrons. The van der Waals surface area contributed by atoms with Crippen molar-refractivity contribution in [2.24, 2.45) is 0 Å². The molecule has 4 heteroatoms. The van der Waals surface area contributed by atoms with E-state index in [0.717, 1.165) is 5.56 Å². The first-order chi connectivity index (χ1) is 6.18. The summed E-state index contributed by atoms with van der Waals surface area (Å²) in [6, 6.07) is 5.01. The van der Waals surface area contributed by atoms with Gasteiger partial charge in [-0.3, -0.25) is 9.20 Å². The van der Waals surface area contributed by atoms with Crippen molar-refractivity contribution >= 4 is 11.5 Å². The fourth-order valence-corrected chi connectivity index (χ4v) is 1.28. The molecule has 0 spiro atoms. The quantitative estimate of drug-likeness (QED) is 0.637. The molecule has 4 nitrogen and oxygen atoms in total. The molecule has 0 aliphatic rings. The van der Waals surface area contributed by atoms with Gasteiger partial charge in [0.2, 0.25) is 0 Å². The maximum atomic E-state index is 11.4. The van der Waals surface area contributed by atoms with Gasteiger partial charge >= 0.3 is 0 Å². The number of aromatic nitrogens is 2. The Bertz CT molecular complexity index is 516. The van der Waals surface area contributed by atoms with Gasteiger partial charge in [0.1, 0.15) is 11.5 Å². The van der Waals surface area contributed by atoms with Crippen LogP contribution in [0.15, 0.2) is 29.2 Å². The average molecular weight is 175 g/mol. The van der Waals surface area contributed by atoms with Crippen molar-refractivity contribution in [3.8, 4) is 0 Å². The Balaban J connectivity index is 3.03. The second-order valence-electron chi connectivity index (χ2n) is 2.90. The third-order valence-corrected chi connectivity index (χ3v) is 1.91. The van der Waals surface area contributed by atoms with Crippen LogP contribution in [0.3, 0.4) is 0 Å². The standard InChI is InChI=1S/C9H9N3O/c1-6-3-2-4-12-8(13)5-7(10)11-9(6)12/h2-5H,10H2,1H3. The molecule has 0 aromatic carbocycles. The lowest BCUT2D eigenvalue weighted by Crippen LogP contribution is -2.15. The fraction of sp³-hybridized carbons (Fsp3) is 0.111. The summed E-state index contributed by atoms with van der Waals surface area (Å²) in [7, 11) is 0. The Morgan fingerprint density at radius 1 is 1.54 bits per heavy atom. The van der Waals surface area contributed by atoms with Crippen LogP contribution in [0.2, 0.25) is 0 Å². The molecule has 0 amide bonds. The summed E-state index contributed by atoms with van der Waals surface area (Å²) in [4.78, 5) is 15.5. The highest BCUT2D eigenvalue weighted by atomic mass is 16.1. The van der Waals surface area contributed by atoms with Gasteiger partial charge in [0.15, 0.2) is 0 Å². The van der Waals surface area contributed by atoms with Crippen LogP contribution in [-0.4, -0.2) is 9.38 Å². The maximum Gasteiger partial charge on any atom is 0.259 e. The smallest absolute Gasteiger partial charge is 0.259 e. The summed E-state index contributed by atoms with van der Waals surface area (Å²) in [6.45, 7) is 1.89. The number of fused-ring (bicyclic) bond motifs is 1. The molecule has 0 saturated carbocycles. The lowest BCUT2D eigenvalue weighted by Gasteiger charge is -2.02. The maximum absolute atomic E-state index is 11.4. The number of anilines is 1. The first kappa shape index (κ1) is 7.79. The van der Waals surface area contributed by atoms with E-state index in [2.05, 4.69) is 4.98 Å². The van der Waals surface area contributed by atoms with E-state index in [4.69, 9.17) is 5.73 Å². The minimum Gasteiger partial charge on any atom is -0.383 e. The van der Waals surface area contributed by atoms with E-state index in [1.54, 1.807) is 6.20 Å². The van der Waals surface area contributed by atoms with Gasteiger partial charge in [-0.15, -0.1) is 0 Å². The molecule has 2 heterocycles. The Kier molecular flexibility index (Phi) is 1.55. The molecule has 2 aromatic heterocycles. The minimum atomic E-state index is -0.147. The molecule has 0 bridgehead atoms. The summed E-state index contributed by atoms with van der Waals surface area (Å²) in [6.07, 6.45) is 1.68. The number of pyridine rings is 1. The number of hydrogen-bond donors (Lipinski definition) is 1. The third-order valence-electron chi connectivity index (χ3n) is 1.91. The highest BCUT2D eigenvalue weighted by Crippen LogP contribution is 2.05. The summed E-state index contributed by atoms with van der Waals surface area (Å²) in [5, 5.41) is 0. The number of rotatable bonds is 0. The largest absolute Gasteiger partial charge is 0.383 e.